The molecule has 0 aliphatic heterocycles. The van der Waals surface area contributed by atoms with Crippen molar-refractivity contribution in [3.05, 3.63) is 0 Å². The zero-order valence-corrected chi connectivity index (χ0v) is 7.63. The van der Waals surface area contributed by atoms with Crippen molar-refractivity contribution in [2.45, 2.75) is 0 Å². The molecule has 0 unspecified atom stereocenters. The van der Waals surface area contributed by atoms with Gasteiger partial charge in [-0.05, 0) is 0 Å². The van der Waals surface area contributed by atoms with Crippen molar-refractivity contribution < 1.29 is 42.1 Å². The fourth-order valence-electron chi connectivity index (χ4n) is 0. The molecular formula is H2Cl2Pt2. The van der Waals surface area contributed by atoms with Crippen LogP contribution in [0.2, 0.25) is 0 Å². The van der Waals surface area contributed by atoms with Gasteiger partial charge in [0.2, 0.25) is 0 Å². The molecule has 0 fully saturated rings. The summed E-state index contributed by atoms with van der Waals surface area (Å²) in [5.74, 6) is 0. The van der Waals surface area contributed by atoms with Crippen LogP contribution in [0.15, 0.2) is 0 Å². The predicted octanol–water partition coefficient (Wildman–Crippen LogP) is 0.839. The zero-order chi connectivity index (χ0) is 0. The van der Waals surface area contributed by atoms with Gasteiger partial charge in [-0.1, -0.05) is 0 Å². The predicted molar refractivity (Wildman–Crippen MR) is 14.5 cm³/mol. The SMILES string of the molecule is Cl.Cl.[Pt].[Pt]. The first-order valence-corrected chi connectivity index (χ1v) is 0. The Morgan fingerprint density at radius 2 is 0.500 bits per heavy atom. The van der Waals surface area contributed by atoms with Crippen LogP contribution in [-0.2, 0) is 42.1 Å². The molecule has 0 rings (SSSR count). The van der Waals surface area contributed by atoms with E-state index >= 15 is 0 Å². The van der Waals surface area contributed by atoms with Crippen LogP contribution in [-0.4, -0.2) is 0 Å². The van der Waals surface area contributed by atoms with Gasteiger partial charge in [0, 0.05) is 42.1 Å². The Labute approximate surface area is 66.5 Å². The smallest absolute Gasteiger partial charge is 0 e. The third-order valence-electron chi connectivity index (χ3n) is 0. The Bertz CT molecular complexity index is 4.00. The van der Waals surface area contributed by atoms with Gasteiger partial charge in [-0.15, -0.1) is 24.8 Å². The van der Waals surface area contributed by atoms with Gasteiger partial charge in [0.1, 0.15) is 0 Å². The maximum absolute atomic E-state index is 0. The van der Waals surface area contributed by atoms with Crippen LogP contribution in [0, 0.1) is 0 Å². The van der Waals surface area contributed by atoms with Gasteiger partial charge in [0.05, 0.1) is 0 Å². The largest absolute Gasteiger partial charge is 0.147 e. The minimum Gasteiger partial charge on any atom is -0.147 e. The molecule has 0 aliphatic rings. The molecule has 0 radical (unpaired) electrons. The third kappa shape index (κ3) is 9.03. The molecule has 0 N–H and O–H groups in total. The van der Waals surface area contributed by atoms with E-state index < -0.39 is 0 Å². The van der Waals surface area contributed by atoms with Crippen LogP contribution in [0.3, 0.4) is 0 Å². The van der Waals surface area contributed by atoms with E-state index in [2.05, 4.69) is 0 Å². The van der Waals surface area contributed by atoms with Crippen LogP contribution in [0.5, 0.6) is 0 Å². The molecule has 0 aromatic carbocycles. The van der Waals surface area contributed by atoms with Gasteiger partial charge in [-0.25, -0.2) is 0 Å². The zero-order valence-electron chi connectivity index (χ0n) is 1.45. The first-order chi connectivity index (χ1) is 0. The van der Waals surface area contributed by atoms with Crippen LogP contribution in [0.4, 0.5) is 0 Å². The average molecular weight is 463 g/mol. The molecule has 0 aliphatic carbocycles. The fraction of sp³-hybridized carbons (Fsp3) is 0. The summed E-state index contributed by atoms with van der Waals surface area (Å²) in [6.07, 6.45) is 0. The van der Waals surface area contributed by atoms with E-state index in [1.807, 2.05) is 0 Å². The van der Waals surface area contributed by atoms with E-state index in [0.717, 1.165) is 0 Å². The van der Waals surface area contributed by atoms with Gasteiger partial charge in [-0.2, -0.15) is 0 Å². The van der Waals surface area contributed by atoms with E-state index in [1.165, 1.54) is 0 Å². The Hall–Kier alpha value is 1.96. The van der Waals surface area contributed by atoms with Crippen molar-refractivity contribution in [2.24, 2.45) is 0 Å². The van der Waals surface area contributed by atoms with Crippen molar-refractivity contribution in [1.29, 1.82) is 0 Å². The van der Waals surface area contributed by atoms with Crippen LogP contribution in [0.25, 0.3) is 0 Å². The van der Waals surface area contributed by atoms with E-state index in [0.29, 0.717) is 0 Å². The van der Waals surface area contributed by atoms with Crippen LogP contribution >= 0.6 is 24.8 Å². The van der Waals surface area contributed by atoms with Gasteiger partial charge in [-0.3, -0.25) is 0 Å². The fourth-order valence-corrected chi connectivity index (χ4v) is 0. The molecule has 0 saturated heterocycles. The molecule has 0 aromatic rings. The summed E-state index contributed by atoms with van der Waals surface area (Å²) in [5.41, 5.74) is 0. The number of rotatable bonds is 0. The normalized spacial score (nSPS) is 0. The third-order valence-corrected chi connectivity index (χ3v) is 0. The Morgan fingerprint density at radius 1 is 0.500 bits per heavy atom. The Morgan fingerprint density at radius 3 is 0.500 bits per heavy atom. The minimum atomic E-state index is 0. The monoisotopic (exact) mass is 462 g/mol. The van der Waals surface area contributed by atoms with E-state index in [-0.39, 0.29) is 66.9 Å². The first-order valence-electron chi connectivity index (χ1n) is 0. The average Bonchev–Trinajstić information content (AvgIpc) is 0. The van der Waals surface area contributed by atoms with Gasteiger partial charge in [0.25, 0.3) is 0 Å². The maximum atomic E-state index is 0. The Balaban J connectivity index is 0. The summed E-state index contributed by atoms with van der Waals surface area (Å²) < 4.78 is 0. The second kappa shape index (κ2) is 20.3. The summed E-state index contributed by atoms with van der Waals surface area (Å²) in [6.45, 7) is 0. The van der Waals surface area contributed by atoms with E-state index in [9.17, 15) is 0 Å². The van der Waals surface area contributed by atoms with E-state index in [4.69, 9.17) is 0 Å². The number of hydrogen-bond acceptors (Lipinski definition) is 0. The summed E-state index contributed by atoms with van der Waals surface area (Å²) in [7, 11) is 0. The summed E-state index contributed by atoms with van der Waals surface area (Å²) in [4.78, 5) is 0. The number of hydrogen-bond donors (Lipinski definition) is 0. The van der Waals surface area contributed by atoms with Gasteiger partial charge in [0.15, 0.2) is 0 Å². The molecule has 0 spiro atoms. The molecule has 36 valence electrons. The summed E-state index contributed by atoms with van der Waals surface area (Å²) >= 11 is 0. The van der Waals surface area contributed by atoms with E-state index in [1.54, 1.807) is 0 Å². The molecule has 0 heterocycles. The quantitative estimate of drug-likeness (QED) is 0.500. The standard InChI is InChI=1S/2ClH.2Pt/h2*1H;;. The van der Waals surface area contributed by atoms with Crippen LogP contribution in [0.1, 0.15) is 0 Å². The minimum absolute atomic E-state index is 0. The molecule has 4 heavy (non-hydrogen) atoms. The maximum Gasteiger partial charge on any atom is 0 e. The van der Waals surface area contributed by atoms with Crippen molar-refractivity contribution in [1.82, 2.24) is 0 Å². The summed E-state index contributed by atoms with van der Waals surface area (Å²) in [6, 6.07) is 0. The van der Waals surface area contributed by atoms with Crippen molar-refractivity contribution in [2.75, 3.05) is 0 Å². The topological polar surface area (TPSA) is 0 Å². The van der Waals surface area contributed by atoms with Crippen LogP contribution < -0.4 is 0 Å². The Kier molecular flexibility index (Phi) is 194. The van der Waals surface area contributed by atoms with Crippen molar-refractivity contribution in [3.8, 4) is 0 Å². The molecule has 0 aromatic heterocycles. The molecule has 4 heteroatoms. The molecular weight excluding hydrogens is 461 g/mol. The first kappa shape index (κ1) is 38.2. The molecule has 0 atom stereocenters. The molecule has 0 amide bonds. The molecule has 0 bridgehead atoms. The summed E-state index contributed by atoms with van der Waals surface area (Å²) in [5, 5.41) is 0. The number of halogens is 2. The molecule has 0 saturated carbocycles. The van der Waals surface area contributed by atoms with Gasteiger partial charge < -0.3 is 0 Å². The van der Waals surface area contributed by atoms with Crippen molar-refractivity contribution in [3.63, 3.8) is 0 Å². The molecule has 0 nitrogen and oxygen atoms in total. The van der Waals surface area contributed by atoms with Crippen molar-refractivity contribution >= 4 is 24.8 Å². The van der Waals surface area contributed by atoms with Gasteiger partial charge >= 0.3 is 0 Å². The second-order valence-corrected chi connectivity index (χ2v) is 0. The second-order valence-electron chi connectivity index (χ2n) is 0.